The average Bonchev–Trinajstić information content (AvgIpc) is 2.40. The van der Waals surface area contributed by atoms with Crippen LogP contribution in [0.3, 0.4) is 0 Å². The van der Waals surface area contributed by atoms with E-state index < -0.39 is 0 Å². The molecule has 3 heteroatoms. The van der Waals surface area contributed by atoms with E-state index >= 15 is 0 Å². The van der Waals surface area contributed by atoms with Crippen LogP contribution in [0.4, 0.5) is 5.82 Å². The van der Waals surface area contributed by atoms with Gasteiger partial charge in [-0.15, -0.1) is 0 Å². The van der Waals surface area contributed by atoms with Crippen LogP contribution >= 0.6 is 0 Å². The van der Waals surface area contributed by atoms with Gasteiger partial charge in [-0.1, -0.05) is 13.0 Å². The van der Waals surface area contributed by atoms with Crippen LogP contribution in [0.15, 0.2) is 18.2 Å². The molecule has 2 rings (SSSR count). The topological polar surface area (TPSA) is 28.2 Å². The van der Waals surface area contributed by atoms with Crippen LogP contribution in [0.25, 0.3) is 0 Å². The fraction of sp³-hybridized carbons (Fsp3) is 0.667. The van der Waals surface area contributed by atoms with E-state index in [-0.39, 0.29) is 0 Å². The van der Waals surface area contributed by atoms with Crippen LogP contribution in [-0.2, 0) is 0 Å². The number of piperidine rings is 1. The summed E-state index contributed by atoms with van der Waals surface area (Å²) in [5.74, 6) is 1.99. The van der Waals surface area contributed by atoms with Crippen LogP contribution in [0.1, 0.15) is 31.9 Å². The minimum absolute atomic E-state index is 0.845. The third-order valence-electron chi connectivity index (χ3n) is 3.67. The van der Waals surface area contributed by atoms with Crippen molar-refractivity contribution in [1.29, 1.82) is 0 Å². The number of aromatic nitrogens is 1. The number of nitrogens with one attached hydrogen (secondary N) is 1. The van der Waals surface area contributed by atoms with Gasteiger partial charge in [-0.25, -0.2) is 4.98 Å². The molecule has 2 heterocycles. The molecule has 0 aromatic carbocycles. The Morgan fingerprint density at radius 3 is 2.78 bits per heavy atom. The Balaban J connectivity index is 1.79. The van der Waals surface area contributed by atoms with Gasteiger partial charge in [0.05, 0.1) is 0 Å². The Morgan fingerprint density at radius 2 is 2.11 bits per heavy atom. The molecular weight excluding hydrogens is 222 g/mol. The van der Waals surface area contributed by atoms with Gasteiger partial charge in [0.1, 0.15) is 5.82 Å². The van der Waals surface area contributed by atoms with Crippen LogP contribution in [0.5, 0.6) is 0 Å². The monoisotopic (exact) mass is 247 g/mol. The van der Waals surface area contributed by atoms with Gasteiger partial charge in [-0.05, 0) is 57.3 Å². The van der Waals surface area contributed by atoms with Crippen molar-refractivity contribution in [1.82, 2.24) is 10.3 Å². The van der Waals surface area contributed by atoms with Gasteiger partial charge in [0.25, 0.3) is 0 Å². The molecular formula is C15H25N3. The third-order valence-corrected chi connectivity index (χ3v) is 3.67. The molecule has 1 fully saturated rings. The van der Waals surface area contributed by atoms with Gasteiger partial charge in [0, 0.05) is 18.8 Å². The smallest absolute Gasteiger partial charge is 0.128 e. The lowest BCUT2D eigenvalue weighted by molar-refractivity contribution is 0.382. The maximum atomic E-state index is 4.61. The third kappa shape index (κ3) is 3.70. The van der Waals surface area contributed by atoms with Crippen molar-refractivity contribution in [2.24, 2.45) is 5.92 Å². The fourth-order valence-corrected chi connectivity index (χ4v) is 2.55. The molecule has 0 unspecified atom stereocenters. The lowest BCUT2D eigenvalue weighted by atomic mass is 9.97. The lowest BCUT2D eigenvalue weighted by Gasteiger charge is -2.33. The summed E-state index contributed by atoms with van der Waals surface area (Å²) >= 11 is 0. The first-order chi connectivity index (χ1) is 8.79. The molecule has 1 aliphatic rings. The molecule has 18 heavy (non-hydrogen) atoms. The fourth-order valence-electron chi connectivity index (χ4n) is 2.55. The predicted octanol–water partition coefficient (Wildman–Crippen LogP) is 2.61. The van der Waals surface area contributed by atoms with Crippen molar-refractivity contribution in [2.75, 3.05) is 31.1 Å². The van der Waals surface area contributed by atoms with E-state index in [4.69, 9.17) is 0 Å². The number of rotatable bonds is 5. The summed E-state index contributed by atoms with van der Waals surface area (Å²) in [7, 11) is 0. The average molecular weight is 247 g/mol. The Kier molecular flexibility index (Phi) is 5.00. The number of nitrogens with zero attached hydrogens (tertiary/aromatic N) is 2. The van der Waals surface area contributed by atoms with E-state index in [1.807, 2.05) is 0 Å². The number of pyridine rings is 1. The van der Waals surface area contributed by atoms with Gasteiger partial charge in [0.2, 0.25) is 0 Å². The van der Waals surface area contributed by atoms with Crippen molar-refractivity contribution >= 4 is 5.82 Å². The number of anilines is 1. The molecule has 0 radical (unpaired) electrons. The molecule has 3 nitrogen and oxygen atoms in total. The summed E-state index contributed by atoms with van der Waals surface area (Å²) in [4.78, 5) is 7.03. The van der Waals surface area contributed by atoms with Crippen molar-refractivity contribution in [3.63, 3.8) is 0 Å². The summed E-state index contributed by atoms with van der Waals surface area (Å²) in [5, 5.41) is 3.53. The Morgan fingerprint density at radius 1 is 1.33 bits per heavy atom. The molecule has 0 spiro atoms. The molecule has 100 valence electrons. The largest absolute Gasteiger partial charge is 0.357 e. The van der Waals surface area contributed by atoms with Gasteiger partial charge >= 0.3 is 0 Å². The van der Waals surface area contributed by atoms with Gasteiger partial charge in [-0.3, -0.25) is 0 Å². The zero-order valence-electron chi connectivity index (χ0n) is 11.7. The molecule has 0 saturated carbocycles. The SMILES string of the molecule is CCCNCC1CCN(c2cccc(C)n2)CC1. The van der Waals surface area contributed by atoms with Gasteiger partial charge in [0.15, 0.2) is 0 Å². The Labute approximate surface area is 111 Å². The molecule has 0 amide bonds. The van der Waals surface area contributed by atoms with Crippen molar-refractivity contribution in [3.8, 4) is 0 Å². The molecule has 1 aromatic rings. The van der Waals surface area contributed by atoms with E-state index in [0.29, 0.717) is 0 Å². The van der Waals surface area contributed by atoms with Gasteiger partial charge < -0.3 is 10.2 Å². The Bertz CT molecular complexity index is 357. The van der Waals surface area contributed by atoms with E-state index in [9.17, 15) is 0 Å². The van der Waals surface area contributed by atoms with E-state index in [1.165, 1.54) is 25.8 Å². The first-order valence-corrected chi connectivity index (χ1v) is 7.19. The molecule has 1 saturated heterocycles. The highest BCUT2D eigenvalue weighted by atomic mass is 15.2. The van der Waals surface area contributed by atoms with E-state index in [1.54, 1.807) is 0 Å². The summed E-state index contributed by atoms with van der Waals surface area (Å²) in [6.45, 7) is 8.91. The molecule has 0 bridgehead atoms. The van der Waals surface area contributed by atoms with Crippen LogP contribution in [-0.4, -0.2) is 31.2 Å². The van der Waals surface area contributed by atoms with Gasteiger partial charge in [-0.2, -0.15) is 0 Å². The highest BCUT2D eigenvalue weighted by Crippen LogP contribution is 2.21. The van der Waals surface area contributed by atoms with Crippen molar-refractivity contribution < 1.29 is 0 Å². The Hall–Kier alpha value is -1.09. The molecule has 0 aliphatic carbocycles. The number of aryl methyl sites for hydroxylation is 1. The normalized spacial score (nSPS) is 17.1. The minimum atomic E-state index is 0.845. The number of hydrogen-bond acceptors (Lipinski definition) is 3. The maximum absolute atomic E-state index is 4.61. The first-order valence-electron chi connectivity index (χ1n) is 7.19. The molecule has 1 aliphatic heterocycles. The number of hydrogen-bond donors (Lipinski definition) is 1. The standard InChI is InChI=1S/C15H25N3/c1-3-9-16-12-14-7-10-18(11-8-14)15-6-4-5-13(2)17-15/h4-6,14,16H,3,7-12H2,1-2H3. The van der Waals surface area contributed by atoms with Crippen LogP contribution in [0.2, 0.25) is 0 Å². The molecule has 0 atom stereocenters. The quantitative estimate of drug-likeness (QED) is 0.811. The first kappa shape index (κ1) is 13.3. The lowest BCUT2D eigenvalue weighted by Crippen LogP contribution is -2.37. The van der Waals surface area contributed by atoms with Crippen LogP contribution in [0, 0.1) is 12.8 Å². The summed E-state index contributed by atoms with van der Waals surface area (Å²) in [6.07, 6.45) is 3.80. The predicted molar refractivity (Wildman–Crippen MR) is 77.1 cm³/mol. The zero-order chi connectivity index (χ0) is 12.8. The van der Waals surface area contributed by atoms with E-state index in [0.717, 1.165) is 37.1 Å². The second-order valence-electron chi connectivity index (χ2n) is 5.27. The maximum Gasteiger partial charge on any atom is 0.128 e. The summed E-state index contributed by atoms with van der Waals surface area (Å²) in [5.41, 5.74) is 1.11. The highest BCUT2D eigenvalue weighted by molar-refractivity contribution is 5.39. The summed E-state index contributed by atoms with van der Waals surface area (Å²) in [6, 6.07) is 6.29. The molecule has 1 N–H and O–H groups in total. The van der Waals surface area contributed by atoms with Crippen molar-refractivity contribution in [3.05, 3.63) is 23.9 Å². The highest BCUT2D eigenvalue weighted by Gasteiger charge is 2.19. The second kappa shape index (κ2) is 6.74. The summed E-state index contributed by atoms with van der Waals surface area (Å²) < 4.78 is 0. The van der Waals surface area contributed by atoms with Crippen LogP contribution < -0.4 is 10.2 Å². The zero-order valence-corrected chi connectivity index (χ0v) is 11.7. The second-order valence-corrected chi connectivity index (χ2v) is 5.27. The van der Waals surface area contributed by atoms with E-state index in [2.05, 4.69) is 47.2 Å². The minimum Gasteiger partial charge on any atom is -0.357 e. The van der Waals surface area contributed by atoms with Crippen molar-refractivity contribution in [2.45, 2.75) is 33.1 Å². The molecule has 1 aromatic heterocycles.